The van der Waals surface area contributed by atoms with Crippen molar-refractivity contribution in [2.45, 2.75) is 6.92 Å². The molecule has 0 spiro atoms. The summed E-state index contributed by atoms with van der Waals surface area (Å²) in [5, 5.41) is 5.64. The van der Waals surface area contributed by atoms with Gasteiger partial charge in [0.1, 0.15) is 5.75 Å². The summed E-state index contributed by atoms with van der Waals surface area (Å²) in [5.41, 5.74) is 2.56. The zero-order chi connectivity index (χ0) is 22.8. The summed E-state index contributed by atoms with van der Waals surface area (Å²) in [5.74, 6) is 1.17. The number of hydrogen-bond acceptors (Lipinski definition) is 6. The van der Waals surface area contributed by atoms with E-state index in [0.29, 0.717) is 39.9 Å². The van der Waals surface area contributed by atoms with Crippen LogP contribution in [0.5, 0.6) is 28.7 Å². The van der Waals surface area contributed by atoms with Crippen LogP contribution in [0.4, 0.5) is 11.4 Å². The normalized spacial score (nSPS) is 11.8. The highest BCUT2D eigenvalue weighted by Crippen LogP contribution is 2.40. The maximum atomic E-state index is 13.0. The van der Waals surface area contributed by atoms with Crippen LogP contribution >= 0.6 is 0 Å². The van der Waals surface area contributed by atoms with Crippen LogP contribution in [0.15, 0.2) is 48.5 Å². The van der Waals surface area contributed by atoms with E-state index in [1.54, 1.807) is 36.4 Å². The molecule has 0 radical (unpaired) electrons. The summed E-state index contributed by atoms with van der Waals surface area (Å²) in [6, 6.07) is 13.6. The Morgan fingerprint density at radius 3 is 2.38 bits per heavy atom. The highest BCUT2D eigenvalue weighted by Gasteiger charge is 2.24. The lowest BCUT2D eigenvalue weighted by Gasteiger charge is -2.16. The molecule has 32 heavy (non-hydrogen) atoms. The van der Waals surface area contributed by atoms with Gasteiger partial charge >= 0.3 is 0 Å². The fourth-order valence-electron chi connectivity index (χ4n) is 3.49. The maximum Gasteiger partial charge on any atom is 0.259 e. The molecule has 3 aromatic rings. The third-order valence-corrected chi connectivity index (χ3v) is 5.03. The molecule has 0 saturated heterocycles. The number of rotatable bonds is 5. The Labute approximate surface area is 185 Å². The van der Waals surface area contributed by atoms with E-state index in [1.165, 1.54) is 21.3 Å². The molecule has 0 atom stereocenters. The van der Waals surface area contributed by atoms with Crippen molar-refractivity contribution in [3.8, 4) is 28.7 Å². The summed E-state index contributed by atoms with van der Waals surface area (Å²) >= 11 is 0. The van der Waals surface area contributed by atoms with E-state index in [-0.39, 0.29) is 17.2 Å². The number of amides is 2. The predicted octanol–water partition coefficient (Wildman–Crippen LogP) is 4.63. The van der Waals surface area contributed by atoms with E-state index >= 15 is 0 Å². The molecule has 1 heterocycles. The van der Waals surface area contributed by atoms with Gasteiger partial charge in [-0.2, -0.15) is 0 Å². The molecule has 0 aliphatic carbocycles. The molecular formula is C24H22N2O6. The van der Waals surface area contributed by atoms with Gasteiger partial charge < -0.3 is 29.6 Å². The fourth-order valence-corrected chi connectivity index (χ4v) is 3.49. The maximum absolute atomic E-state index is 13.0. The van der Waals surface area contributed by atoms with E-state index < -0.39 is 5.91 Å². The smallest absolute Gasteiger partial charge is 0.259 e. The minimum atomic E-state index is -0.434. The van der Waals surface area contributed by atoms with Gasteiger partial charge in [0.05, 0.1) is 38.1 Å². The van der Waals surface area contributed by atoms with Crippen LogP contribution in [0.2, 0.25) is 0 Å². The van der Waals surface area contributed by atoms with Gasteiger partial charge in [-0.15, -0.1) is 0 Å². The van der Waals surface area contributed by atoms with Gasteiger partial charge in [0.15, 0.2) is 17.2 Å². The first kappa shape index (κ1) is 21.0. The second kappa shape index (κ2) is 8.50. The van der Waals surface area contributed by atoms with Crippen molar-refractivity contribution >= 4 is 23.2 Å². The van der Waals surface area contributed by atoms with Gasteiger partial charge in [-0.05, 0) is 55.0 Å². The van der Waals surface area contributed by atoms with Gasteiger partial charge in [-0.3, -0.25) is 9.59 Å². The molecule has 4 rings (SSSR count). The molecule has 8 heteroatoms. The van der Waals surface area contributed by atoms with Crippen molar-refractivity contribution in [2.24, 2.45) is 0 Å². The molecule has 8 nitrogen and oxygen atoms in total. The van der Waals surface area contributed by atoms with E-state index in [1.807, 2.05) is 19.1 Å². The Bertz CT molecular complexity index is 1220. The highest BCUT2D eigenvalue weighted by atomic mass is 16.5. The lowest BCUT2D eigenvalue weighted by molar-refractivity contribution is 0.101. The Kier molecular flexibility index (Phi) is 5.59. The topological polar surface area (TPSA) is 95.1 Å². The predicted molar refractivity (Wildman–Crippen MR) is 120 cm³/mol. The number of benzene rings is 3. The monoisotopic (exact) mass is 434 g/mol. The first-order chi connectivity index (χ1) is 15.4. The van der Waals surface area contributed by atoms with Crippen LogP contribution in [-0.4, -0.2) is 33.1 Å². The number of nitrogens with one attached hydrogen (secondary N) is 2. The molecule has 0 unspecified atom stereocenters. The Morgan fingerprint density at radius 2 is 1.66 bits per heavy atom. The Morgan fingerprint density at radius 1 is 0.906 bits per heavy atom. The van der Waals surface area contributed by atoms with Crippen molar-refractivity contribution in [3.05, 3.63) is 65.2 Å². The summed E-state index contributed by atoms with van der Waals surface area (Å²) in [4.78, 5) is 25.8. The van der Waals surface area contributed by atoms with E-state index in [0.717, 1.165) is 5.56 Å². The van der Waals surface area contributed by atoms with Crippen LogP contribution in [0.1, 0.15) is 26.3 Å². The quantitative estimate of drug-likeness (QED) is 0.608. The van der Waals surface area contributed by atoms with E-state index in [4.69, 9.17) is 18.9 Å². The van der Waals surface area contributed by atoms with E-state index in [2.05, 4.69) is 10.6 Å². The number of anilines is 2. The zero-order valence-corrected chi connectivity index (χ0v) is 18.1. The number of ether oxygens (including phenoxy) is 4. The number of aryl methyl sites for hydroxylation is 1. The molecule has 3 aromatic carbocycles. The second-order valence-corrected chi connectivity index (χ2v) is 7.10. The molecular weight excluding hydrogens is 412 g/mol. The number of carbonyl (C=O) groups excluding carboxylic acids is 2. The van der Waals surface area contributed by atoms with Crippen LogP contribution in [0.3, 0.4) is 0 Å². The first-order valence-electron chi connectivity index (χ1n) is 9.79. The van der Waals surface area contributed by atoms with E-state index in [9.17, 15) is 9.59 Å². The van der Waals surface area contributed by atoms with Crippen LogP contribution < -0.4 is 29.6 Å². The summed E-state index contributed by atoms with van der Waals surface area (Å²) < 4.78 is 21.9. The molecule has 1 aliphatic heterocycles. The van der Waals surface area contributed by atoms with Gasteiger partial charge in [-0.25, -0.2) is 0 Å². The standard InChI is InChI=1S/C24H22N2O6/c1-13-5-8-19-17(11-13)26-24(28)16-12-14(6-9-18(16)32-19)25-23(27)15-7-10-20(29-2)22(31-4)21(15)30-3/h5-12H,1-4H3,(H,25,27)(H,26,28). The van der Waals surface area contributed by atoms with Crippen molar-refractivity contribution in [1.82, 2.24) is 0 Å². The highest BCUT2D eigenvalue weighted by molar-refractivity contribution is 6.10. The van der Waals surface area contributed by atoms with Crippen molar-refractivity contribution in [3.63, 3.8) is 0 Å². The van der Waals surface area contributed by atoms with Gasteiger partial charge in [0, 0.05) is 5.69 Å². The van der Waals surface area contributed by atoms with Crippen LogP contribution in [0.25, 0.3) is 0 Å². The summed E-state index contributed by atoms with van der Waals surface area (Å²) in [7, 11) is 4.41. The lowest BCUT2D eigenvalue weighted by atomic mass is 10.1. The van der Waals surface area contributed by atoms with Gasteiger partial charge in [-0.1, -0.05) is 6.07 Å². The van der Waals surface area contributed by atoms with Gasteiger partial charge in [0.2, 0.25) is 5.75 Å². The largest absolute Gasteiger partial charge is 0.493 e. The third kappa shape index (κ3) is 3.78. The van der Waals surface area contributed by atoms with Crippen molar-refractivity contribution in [2.75, 3.05) is 32.0 Å². The van der Waals surface area contributed by atoms with Gasteiger partial charge in [0.25, 0.3) is 11.8 Å². The first-order valence-corrected chi connectivity index (χ1v) is 9.79. The molecule has 0 bridgehead atoms. The molecule has 0 saturated carbocycles. The molecule has 2 amide bonds. The van der Waals surface area contributed by atoms with Crippen molar-refractivity contribution < 1.29 is 28.5 Å². The number of methoxy groups -OCH3 is 3. The fraction of sp³-hybridized carbons (Fsp3) is 0.167. The molecule has 2 N–H and O–H groups in total. The molecule has 0 aromatic heterocycles. The van der Waals surface area contributed by atoms with Crippen LogP contribution in [0, 0.1) is 6.92 Å². The Hall–Kier alpha value is -4.20. The molecule has 164 valence electrons. The average Bonchev–Trinajstić information content (AvgIpc) is 2.93. The zero-order valence-electron chi connectivity index (χ0n) is 18.1. The molecule has 0 fully saturated rings. The molecule has 1 aliphatic rings. The average molecular weight is 434 g/mol. The SMILES string of the molecule is COc1ccc(C(=O)Nc2ccc3c(c2)C(=O)Nc2cc(C)ccc2O3)c(OC)c1OC. The second-order valence-electron chi connectivity index (χ2n) is 7.10. The minimum Gasteiger partial charge on any atom is -0.493 e. The third-order valence-electron chi connectivity index (χ3n) is 5.03. The lowest BCUT2D eigenvalue weighted by Crippen LogP contribution is -2.15. The number of fused-ring (bicyclic) bond motifs is 2. The summed E-state index contributed by atoms with van der Waals surface area (Å²) in [6.45, 7) is 1.93. The van der Waals surface area contributed by atoms with Crippen LogP contribution in [-0.2, 0) is 0 Å². The number of carbonyl (C=O) groups is 2. The minimum absolute atomic E-state index is 0.242. The number of hydrogen-bond donors (Lipinski definition) is 2. The van der Waals surface area contributed by atoms with Crippen molar-refractivity contribution in [1.29, 1.82) is 0 Å². The summed E-state index contributed by atoms with van der Waals surface area (Å²) in [6.07, 6.45) is 0. The Balaban J connectivity index is 1.64.